The highest BCUT2D eigenvalue weighted by atomic mass is 16.5. The number of pyridine rings is 1. The molecule has 1 N–H and O–H groups in total. The molecule has 1 heterocycles. The van der Waals surface area contributed by atoms with Gasteiger partial charge in [0, 0.05) is 24.3 Å². The molecular weight excluding hydrogens is 236 g/mol. The molecular formula is C16H20N2O. The van der Waals surface area contributed by atoms with Crippen LogP contribution in [0.5, 0.6) is 5.88 Å². The summed E-state index contributed by atoms with van der Waals surface area (Å²) in [5.74, 6) is 0.687. The van der Waals surface area contributed by atoms with E-state index in [1.165, 1.54) is 11.1 Å². The lowest BCUT2D eigenvalue weighted by Crippen LogP contribution is -2.19. The summed E-state index contributed by atoms with van der Waals surface area (Å²) < 4.78 is 5.26. The number of aromatic nitrogens is 1. The molecule has 1 aromatic heterocycles. The first-order valence-corrected chi connectivity index (χ1v) is 6.49. The van der Waals surface area contributed by atoms with Crippen molar-refractivity contribution >= 4 is 0 Å². The van der Waals surface area contributed by atoms with E-state index >= 15 is 0 Å². The van der Waals surface area contributed by atoms with Crippen molar-refractivity contribution in [1.82, 2.24) is 10.3 Å². The van der Waals surface area contributed by atoms with Crippen molar-refractivity contribution < 1.29 is 4.74 Å². The van der Waals surface area contributed by atoms with Crippen LogP contribution in [0.3, 0.4) is 0 Å². The van der Waals surface area contributed by atoms with Crippen molar-refractivity contribution in [2.24, 2.45) is 0 Å². The maximum absolute atomic E-state index is 5.26. The van der Waals surface area contributed by atoms with Crippen LogP contribution in [0, 0.1) is 6.92 Å². The lowest BCUT2D eigenvalue weighted by atomic mass is 10.0. The number of nitrogens with zero attached hydrogens (tertiary/aromatic N) is 1. The van der Waals surface area contributed by atoms with Crippen molar-refractivity contribution in [3.8, 4) is 5.88 Å². The lowest BCUT2D eigenvalue weighted by Gasteiger charge is -2.17. The van der Waals surface area contributed by atoms with Gasteiger partial charge in [0.25, 0.3) is 0 Å². The number of rotatable bonds is 5. The Labute approximate surface area is 114 Å². The molecule has 2 aromatic rings. The fourth-order valence-electron chi connectivity index (χ4n) is 2.19. The Balaban J connectivity index is 2.04. The second-order valence-electron chi connectivity index (χ2n) is 4.63. The standard InChI is InChI=1S/C16H20N2O/c1-12-7-4-5-9-15(12)13(2)18-11-14-8-6-10-17-16(14)19-3/h4-10,13,18H,11H2,1-3H3/t13-/m1/s1. The summed E-state index contributed by atoms with van der Waals surface area (Å²) in [5, 5.41) is 3.51. The quantitative estimate of drug-likeness (QED) is 0.891. The average molecular weight is 256 g/mol. The molecule has 1 atom stereocenters. The zero-order chi connectivity index (χ0) is 13.7. The molecule has 100 valence electrons. The second kappa shape index (κ2) is 6.34. The molecule has 0 aliphatic rings. The molecule has 19 heavy (non-hydrogen) atoms. The fraction of sp³-hybridized carbons (Fsp3) is 0.312. The molecule has 0 fully saturated rings. The van der Waals surface area contributed by atoms with E-state index in [0.717, 1.165) is 12.1 Å². The number of aryl methyl sites for hydroxylation is 1. The molecule has 0 saturated heterocycles. The summed E-state index contributed by atoms with van der Waals surface area (Å²) >= 11 is 0. The largest absolute Gasteiger partial charge is 0.481 e. The van der Waals surface area contributed by atoms with Gasteiger partial charge in [-0.15, -0.1) is 0 Å². The molecule has 0 radical (unpaired) electrons. The smallest absolute Gasteiger partial charge is 0.217 e. The molecule has 0 unspecified atom stereocenters. The summed E-state index contributed by atoms with van der Waals surface area (Å²) in [6.07, 6.45) is 1.74. The number of ether oxygens (including phenoxy) is 1. The van der Waals surface area contributed by atoms with Crippen molar-refractivity contribution in [3.05, 3.63) is 59.3 Å². The maximum Gasteiger partial charge on any atom is 0.217 e. The van der Waals surface area contributed by atoms with E-state index in [1.54, 1.807) is 13.3 Å². The molecule has 0 spiro atoms. The Morgan fingerprint density at radius 1 is 1.21 bits per heavy atom. The van der Waals surface area contributed by atoms with Crippen LogP contribution in [0.1, 0.15) is 29.7 Å². The second-order valence-corrected chi connectivity index (χ2v) is 4.63. The number of hydrogen-bond donors (Lipinski definition) is 1. The number of benzene rings is 1. The van der Waals surface area contributed by atoms with Gasteiger partial charge in [-0.1, -0.05) is 30.3 Å². The Kier molecular flexibility index (Phi) is 4.53. The van der Waals surface area contributed by atoms with Crippen LogP contribution in [0.25, 0.3) is 0 Å². The van der Waals surface area contributed by atoms with Crippen molar-refractivity contribution in [1.29, 1.82) is 0 Å². The molecule has 0 aliphatic heterocycles. The van der Waals surface area contributed by atoms with E-state index < -0.39 is 0 Å². The average Bonchev–Trinajstić information content (AvgIpc) is 2.45. The third kappa shape index (κ3) is 3.32. The van der Waals surface area contributed by atoms with Crippen LogP contribution in [0.15, 0.2) is 42.6 Å². The summed E-state index contributed by atoms with van der Waals surface area (Å²) in [7, 11) is 1.65. The molecule has 3 nitrogen and oxygen atoms in total. The van der Waals surface area contributed by atoms with Crippen molar-refractivity contribution in [3.63, 3.8) is 0 Å². The van der Waals surface area contributed by atoms with E-state index in [-0.39, 0.29) is 0 Å². The fourth-order valence-corrected chi connectivity index (χ4v) is 2.19. The normalized spacial score (nSPS) is 12.2. The molecule has 0 aliphatic carbocycles. The molecule has 1 aromatic carbocycles. The van der Waals surface area contributed by atoms with Crippen LogP contribution < -0.4 is 10.1 Å². The molecule has 0 bridgehead atoms. The monoisotopic (exact) mass is 256 g/mol. The minimum Gasteiger partial charge on any atom is -0.481 e. The highest BCUT2D eigenvalue weighted by Gasteiger charge is 2.09. The van der Waals surface area contributed by atoms with E-state index in [1.807, 2.05) is 12.1 Å². The molecule has 0 amide bonds. The Morgan fingerprint density at radius 3 is 2.74 bits per heavy atom. The van der Waals surface area contributed by atoms with Gasteiger partial charge in [0.15, 0.2) is 0 Å². The maximum atomic E-state index is 5.26. The predicted octanol–water partition coefficient (Wildman–Crippen LogP) is 3.25. The number of methoxy groups -OCH3 is 1. The minimum absolute atomic E-state index is 0.297. The van der Waals surface area contributed by atoms with Gasteiger partial charge in [-0.3, -0.25) is 0 Å². The predicted molar refractivity (Wildman–Crippen MR) is 77.2 cm³/mol. The van der Waals surface area contributed by atoms with Gasteiger partial charge < -0.3 is 10.1 Å². The topological polar surface area (TPSA) is 34.1 Å². The van der Waals surface area contributed by atoms with Gasteiger partial charge in [0.1, 0.15) is 0 Å². The lowest BCUT2D eigenvalue weighted by molar-refractivity contribution is 0.389. The summed E-state index contributed by atoms with van der Waals surface area (Å²) in [6.45, 7) is 5.05. The summed E-state index contributed by atoms with van der Waals surface area (Å²) in [6, 6.07) is 12.7. The first-order chi connectivity index (χ1) is 9.22. The van der Waals surface area contributed by atoms with Gasteiger partial charge in [-0.2, -0.15) is 0 Å². The van der Waals surface area contributed by atoms with E-state index in [2.05, 4.69) is 48.4 Å². The van der Waals surface area contributed by atoms with Gasteiger partial charge >= 0.3 is 0 Å². The molecule has 2 rings (SSSR count). The van der Waals surface area contributed by atoms with Gasteiger partial charge in [-0.05, 0) is 31.0 Å². The SMILES string of the molecule is COc1ncccc1CN[C@H](C)c1ccccc1C. The van der Waals surface area contributed by atoms with Crippen molar-refractivity contribution in [2.75, 3.05) is 7.11 Å². The van der Waals surface area contributed by atoms with Crippen LogP contribution >= 0.6 is 0 Å². The minimum atomic E-state index is 0.297. The zero-order valence-corrected chi connectivity index (χ0v) is 11.7. The first kappa shape index (κ1) is 13.6. The van der Waals surface area contributed by atoms with Gasteiger partial charge in [-0.25, -0.2) is 4.98 Å². The van der Waals surface area contributed by atoms with E-state index in [9.17, 15) is 0 Å². The van der Waals surface area contributed by atoms with Crippen molar-refractivity contribution in [2.45, 2.75) is 26.4 Å². The zero-order valence-electron chi connectivity index (χ0n) is 11.7. The number of nitrogens with one attached hydrogen (secondary N) is 1. The van der Waals surface area contributed by atoms with E-state index in [4.69, 9.17) is 4.74 Å². The Morgan fingerprint density at radius 2 is 2.00 bits per heavy atom. The first-order valence-electron chi connectivity index (χ1n) is 6.49. The Bertz CT molecular complexity index is 540. The van der Waals surface area contributed by atoms with Gasteiger partial charge in [0.05, 0.1) is 7.11 Å². The summed E-state index contributed by atoms with van der Waals surface area (Å²) in [4.78, 5) is 4.20. The van der Waals surface area contributed by atoms with Crippen LogP contribution in [-0.2, 0) is 6.54 Å². The van der Waals surface area contributed by atoms with Crippen LogP contribution in [0.2, 0.25) is 0 Å². The highest BCUT2D eigenvalue weighted by Crippen LogP contribution is 2.19. The van der Waals surface area contributed by atoms with Crippen LogP contribution in [0.4, 0.5) is 0 Å². The highest BCUT2D eigenvalue weighted by molar-refractivity contribution is 5.29. The third-order valence-corrected chi connectivity index (χ3v) is 3.30. The third-order valence-electron chi connectivity index (χ3n) is 3.30. The van der Waals surface area contributed by atoms with E-state index in [0.29, 0.717) is 11.9 Å². The number of hydrogen-bond acceptors (Lipinski definition) is 3. The molecule has 0 saturated carbocycles. The molecule has 3 heteroatoms. The van der Waals surface area contributed by atoms with Gasteiger partial charge in [0.2, 0.25) is 5.88 Å². The Hall–Kier alpha value is -1.87. The summed E-state index contributed by atoms with van der Waals surface area (Å²) in [5.41, 5.74) is 3.71. The van der Waals surface area contributed by atoms with Crippen LogP contribution in [-0.4, -0.2) is 12.1 Å².